The van der Waals surface area contributed by atoms with Crippen LogP contribution in [0, 0.1) is 5.92 Å². The number of amides is 1. The third-order valence-electron chi connectivity index (χ3n) is 2.54. The first-order valence-corrected chi connectivity index (χ1v) is 6.19. The first-order chi connectivity index (χ1) is 8.36. The van der Waals surface area contributed by atoms with Crippen LogP contribution in [0.15, 0.2) is 23.4 Å². The standard InChI is InChI=1S/C14H23NO3/c1-5-12(14(17)18)15-13(16)9-11(4)8-6-7-10(2)3/h5,7,11H,6,8-9H2,1-4H3,(H,15,16)(H,17,18)/b12-5+. The summed E-state index contributed by atoms with van der Waals surface area (Å²) in [5.41, 5.74) is 1.21. The number of carboxylic acid groups (broad SMARTS) is 1. The summed E-state index contributed by atoms with van der Waals surface area (Å²) < 4.78 is 0. The van der Waals surface area contributed by atoms with Gasteiger partial charge < -0.3 is 10.4 Å². The minimum absolute atomic E-state index is 0.0588. The molecule has 18 heavy (non-hydrogen) atoms. The lowest BCUT2D eigenvalue weighted by Gasteiger charge is -2.10. The Morgan fingerprint density at radius 1 is 1.33 bits per heavy atom. The molecule has 0 radical (unpaired) electrons. The molecule has 1 amide bonds. The monoisotopic (exact) mass is 253 g/mol. The van der Waals surface area contributed by atoms with Gasteiger partial charge in [0, 0.05) is 6.42 Å². The van der Waals surface area contributed by atoms with E-state index in [4.69, 9.17) is 5.11 Å². The maximum Gasteiger partial charge on any atom is 0.352 e. The number of aliphatic carboxylic acids is 1. The van der Waals surface area contributed by atoms with Crippen molar-refractivity contribution in [2.75, 3.05) is 0 Å². The van der Waals surface area contributed by atoms with Crippen LogP contribution in [0.25, 0.3) is 0 Å². The van der Waals surface area contributed by atoms with Crippen LogP contribution < -0.4 is 5.32 Å². The molecule has 0 spiro atoms. The summed E-state index contributed by atoms with van der Waals surface area (Å²) in [5, 5.41) is 11.2. The van der Waals surface area contributed by atoms with Gasteiger partial charge in [-0.2, -0.15) is 0 Å². The highest BCUT2D eigenvalue weighted by Gasteiger charge is 2.13. The number of hydrogen-bond acceptors (Lipinski definition) is 2. The molecule has 4 heteroatoms. The fourth-order valence-corrected chi connectivity index (χ4v) is 1.53. The Morgan fingerprint density at radius 3 is 2.39 bits per heavy atom. The SMILES string of the molecule is C/C=C(/NC(=O)CC(C)CCC=C(C)C)C(=O)O. The second-order valence-electron chi connectivity index (χ2n) is 4.72. The summed E-state index contributed by atoms with van der Waals surface area (Å²) >= 11 is 0. The van der Waals surface area contributed by atoms with Crippen molar-refractivity contribution >= 4 is 11.9 Å². The van der Waals surface area contributed by atoms with Crippen molar-refractivity contribution in [2.24, 2.45) is 5.92 Å². The van der Waals surface area contributed by atoms with Gasteiger partial charge in [-0.3, -0.25) is 4.79 Å². The fourth-order valence-electron chi connectivity index (χ4n) is 1.53. The van der Waals surface area contributed by atoms with Gasteiger partial charge in [-0.25, -0.2) is 4.79 Å². The Hall–Kier alpha value is -1.58. The van der Waals surface area contributed by atoms with Crippen molar-refractivity contribution in [3.8, 4) is 0 Å². The second-order valence-corrected chi connectivity index (χ2v) is 4.72. The van der Waals surface area contributed by atoms with E-state index < -0.39 is 5.97 Å². The van der Waals surface area contributed by atoms with Gasteiger partial charge in [0.05, 0.1) is 0 Å². The highest BCUT2D eigenvalue weighted by atomic mass is 16.4. The van der Waals surface area contributed by atoms with Crippen LogP contribution in [0.1, 0.15) is 47.0 Å². The van der Waals surface area contributed by atoms with E-state index in [2.05, 4.69) is 11.4 Å². The van der Waals surface area contributed by atoms with Gasteiger partial charge >= 0.3 is 5.97 Å². The number of allylic oxidation sites excluding steroid dienone is 3. The molecule has 2 N–H and O–H groups in total. The molecule has 0 aromatic rings. The molecular formula is C14H23NO3. The summed E-state index contributed by atoms with van der Waals surface area (Å²) in [4.78, 5) is 22.3. The minimum atomic E-state index is -1.11. The van der Waals surface area contributed by atoms with Crippen LogP contribution in [-0.2, 0) is 9.59 Å². The molecule has 0 saturated carbocycles. The summed E-state index contributed by atoms with van der Waals surface area (Å²) in [6.45, 7) is 7.67. The quantitative estimate of drug-likeness (QED) is 0.541. The van der Waals surface area contributed by atoms with Crippen molar-refractivity contribution in [3.63, 3.8) is 0 Å². The smallest absolute Gasteiger partial charge is 0.352 e. The van der Waals surface area contributed by atoms with E-state index in [1.54, 1.807) is 6.92 Å². The lowest BCUT2D eigenvalue weighted by molar-refractivity contribution is -0.134. The zero-order chi connectivity index (χ0) is 14.1. The Morgan fingerprint density at radius 2 is 1.94 bits per heavy atom. The van der Waals surface area contributed by atoms with Crippen LogP contribution in [0.2, 0.25) is 0 Å². The van der Waals surface area contributed by atoms with E-state index in [0.717, 1.165) is 12.8 Å². The minimum Gasteiger partial charge on any atom is -0.477 e. The maximum absolute atomic E-state index is 11.6. The molecule has 0 aromatic carbocycles. The van der Waals surface area contributed by atoms with Gasteiger partial charge in [0.1, 0.15) is 5.70 Å². The molecule has 102 valence electrons. The van der Waals surface area contributed by atoms with E-state index >= 15 is 0 Å². The zero-order valence-corrected chi connectivity index (χ0v) is 11.6. The number of rotatable bonds is 7. The molecule has 0 saturated heterocycles. The van der Waals surface area contributed by atoms with Crippen molar-refractivity contribution in [3.05, 3.63) is 23.4 Å². The molecule has 1 unspecified atom stereocenters. The molecular weight excluding hydrogens is 230 g/mol. The fraction of sp³-hybridized carbons (Fsp3) is 0.571. The summed E-state index contributed by atoms with van der Waals surface area (Å²) in [7, 11) is 0. The Balaban J connectivity index is 4.08. The molecule has 0 aliphatic heterocycles. The normalized spacial score (nSPS) is 12.8. The molecule has 4 nitrogen and oxygen atoms in total. The molecule has 0 bridgehead atoms. The molecule has 0 aliphatic carbocycles. The van der Waals surface area contributed by atoms with E-state index in [1.807, 2.05) is 20.8 Å². The van der Waals surface area contributed by atoms with E-state index in [0.29, 0.717) is 6.42 Å². The van der Waals surface area contributed by atoms with Gasteiger partial charge in [0.25, 0.3) is 0 Å². The summed E-state index contributed by atoms with van der Waals surface area (Å²) in [6, 6.07) is 0. The molecule has 0 aromatic heterocycles. The topological polar surface area (TPSA) is 66.4 Å². The lowest BCUT2D eigenvalue weighted by Crippen LogP contribution is -2.28. The lowest BCUT2D eigenvalue weighted by atomic mass is 10.0. The molecule has 0 heterocycles. The van der Waals surface area contributed by atoms with Crippen LogP contribution in [0.4, 0.5) is 0 Å². The molecule has 1 atom stereocenters. The Bertz CT molecular complexity index is 352. The van der Waals surface area contributed by atoms with E-state index in [9.17, 15) is 9.59 Å². The van der Waals surface area contributed by atoms with Crippen LogP contribution in [-0.4, -0.2) is 17.0 Å². The third-order valence-corrected chi connectivity index (χ3v) is 2.54. The largest absolute Gasteiger partial charge is 0.477 e. The molecule has 0 aliphatic rings. The van der Waals surface area contributed by atoms with Crippen LogP contribution >= 0.6 is 0 Å². The highest BCUT2D eigenvalue weighted by Crippen LogP contribution is 2.12. The van der Waals surface area contributed by atoms with Crippen molar-refractivity contribution in [1.82, 2.24) is 5.32 Å². The number of carboxylic acids is 1. The Labute approximate surface area is 109 Å². The van der Waals surface area contributed by atoms with Gasteiger partial charge in [0.2, 0.25) is 5.91 Å². The van der Waals surface area contributed by atoms with Gasteiger partial charge in [-0.1, -0.05) is 24.6 Å². The second kappa shape index (κ2) is 8.50. The number of carbonyl (C=O) groups is 2. The van der Waals surface area contributed by atoms with Gasteiger partial charge in [-0.05, 0) is 39.5 Å². The predicted molar refractivity (Wildman–Crippen MR) is 72.0 cm³/mol. The van der Waals surface area contributed by atoms with E-state index in [1.165, 1.54) is 11.6 Å². The highest BCUT2D eigenvalue weighted by molar-refractivity contribution is 5.92. The Kier molecular flexibility index (Phi) is 7.76. The average molecular weight is 253 g/mol. The van der Waals surface area contributed by atoms with Crippen molar-refractivity contribution in [1.29, 1.82) is 0 Å². The number of hydrogen-bond donors (Lipinski definition) is 2. The third kappa shape index (κ3) is 7.65. The van der Waals surface area contributed by atoms with Crippen LogP contribution in [0.3, 0.4) is 0 Å². The van der Waals surface area contributed by atoms with Gasteiger partial charge in [0.15, 0.2) is 0 Å². The molecule has 0 fully saturated rings. The summed E-state index contributed by atoms with van der Waals surface area (Å²) in [5.74, 6) is -1.11. The van der Waals surface area contributed by atoms with Crippen LogP contribution in [0.5, 0.6) is 0 Å². The average Bonchev–Trinajstić information content (AvgIpc) is 2.24. The zero-order valence-electron chi connectivity index (χ0n) is 11.6. The summed E-state index contributed by atoms with van der Waals surface area (Å²) in [6.07, 6.45) is 5.75. The van der Waals surface area contributed by atoms with Crippen molar-refractivity contribution in [2.45, 2.75) is 47.0 Å². The first kappa shape index (κ1) is 16.4. The number of nitrogens with one attached hydrogen (secondary N) is 1. The van der Waals surface area contributed by atoms with Gasteiger partial charge in [-0.15, -0.1) is 0 Å². The van der Waals surface area contributed by atoms with E-state index in [-0.39, 0.29) is 17.5 Å². The first-order valence-electron chi connectivity index (χ1n) is 6.19. The maximum atomic E-state index is 11.6. The van der Waals surface area contributed by atoms with Crippen molar-refractivity contribution < 1.29 is 14.7 Å². The molecule has 0 rings (SSSR count). The number of carbonyl (C=O) groups excluding carboxylic acids is 1. The predicted octanol–water partition coefficient (Wildman–Crippen LogP) is 2.86.